The van der Waals surface area contributed by atoms with E-state index in [0.29, 0.717) is 41.2 Å². The zero-order valence-corrected chi connectivity index (χ0v) is 19.5. The number of methoxy groups -OCH3 is 1. The SMILES string of the molecule is COc1ccc(CNc2nc(N3CCC[C@H]3CO)ncc2C(=O)N2CCC[C@H]2CO)cc1Cl. The van der Waals surface area contributed by atoms with Gasteiger partial charge in [0, 0.05) is 25.8 Å². The van der Waals surface area contributed by atoms with E-state index in [9.17, 15) is 15.0 Å². The van der Waals surface area contributed by atoms with Gasteiger partial charge in [-0.2, -0.15) is 4.98 Å². The number of aliphatic hydroxyl groups is 2. The average molecular weight is 476 g/mol. The lowest BCUT2D eigenvalue weighted by molar-refractivity contribution is 0.0677. The van der Waals surface area contributed by atoms with Gasteiger partial charge >= 0.3 is 0 Å². The number of nitrogens with zero attached hydrogens (tertiary/aromatic N) is 4. The molecule has 1 aromatic heterocycles. The number of aromatic nitrogens is 2. The molecular formula is C23H30ClN5O4. The molecule has 9 nitrogen and oxygen atoms in total. The van der Waals surface area contributed by atoms with Crippen molar-refractivity contribution in [2.45, 2.75) is 44.3 Å². The van der Waals surface area contributed by atoms with Crippen LogP contribution < -0.4 is 15.0 Å². The fourth-order valence-corrected chi connectivity index (χ4v) is 4.82. The second kappa shape index (κ2) is 10.5. The van der Waals surface area contributed by atoms with Crippen molar-refractivity contribution in [1.29, 1.82) is 0 Å². The van der Waals surface area contributed by atoms with E-state index in [1.807, 2.05) is 17.0 Å². The fourth-order valence-electron chi connectivity index (χ4n) is 4.54. The first-order valence-electron chi connectivity index (χ1n) is 11.3. The summed E-state index contributed by atoms with van der Waals surface area (Å²) in [5, 5.41) is 23.2. The average Bonchev–Trinajstić information content (AvgIpc) is 3.51. The summed E-state index contributed by atoms with van der Waals surface area (Å²) in [5.41, 5.74) is 1.27. The van der Waals surface area contributed by atoms with Gasteiger partial charge in [-0.25, -0.2) is 4.98 Å². The van der Waals surface area contributed by atoms with Gasteiger partial charge in [-0.1, -0.05) is 17.7 Å². The third kappa shape index (κ3) is 5.00. The van der Waals surface area contributed by atoms with Crippen LogP contribution >= 0.6 is 11.6 Å². The summed E-state index contributed by atoms with van der Waals surface area (Å²) in [6, 6.07) is 5.27. The van der Waals surface area contributed by atoms with Crippen molar-refractivity contribution >= 4 is 29.3 Å². The van der Waals surface area contributed by atoms with Crippen LogP contribution in [0.2, 0.25) is 5.02 Å². The lowest BCUT2D eigenvalue weighted by atomic mass is 10.2. The summed E-state index contributed by atoms with van der Waals surface area (Å²) < 4.78 is 5.21. The highest BCUT2D eigenvalue weighted by atomic mass is 35.5. The van der Waals surface area contributed by atoms with Crippen molar-refractivity contribution in [3.05, 3.63) is 40.5 Å². The summed E-state index contributed by atoms with van der Waals surface area (Å²) in [7, 11) is 1.56. The van der Waals surface area contributed by atoms with E-state index in [1.165, 1.54) is 0 Å². The molecule has 3 N–H and O–H groups in total. The van der Waals surface area contributed by atoms with Crippen LogP contribution in [0, 0.1) is 0 Å². The smallest absolute Gasteiger partial charge is 0.259 e. The number of carbonyl (C=O) groups is 1. The minimum atomic E-state index is -0.200. The van der Waals surface area contributed by atoms with Crippen molar-refractivity contribution in [1.82, 2.24) is 14.9 Å². The van der Waals surface area contributed by atoms with Crippen LogP contribution in [0.3, 0.4) is 0 Å². The van der Waals surface area contributed by atoms with Crippen molar-refractivity contribution in [2.75, 3.05) is 43.6 Å². The zero-order chi connectivity index (χ0) is 23.4. The Kier molecular flexibility index (Phi) is 7.52. The molecule has 2 fully saturated rings. The van der Waals surface area contributed by atoms with Crippen molar-refractivity contribution in [3.8, 4) is 5.75 Å². The normalized spacial score (nSPS) is 20.4. The number of amides is 1. The molecule has 1 amide bonds. The summed E-state index contributed by atoms with van der Waals surface area (Å²) >= 11 is 6.26. The minimum Gasteiger partial charge on any atom is -0.495 e. The first kappa shape index (κ1) is 23.5. The lowest BCUT2D eigenvalue weighted by Crippen LogP contribution is -2.38. The van der Waals surface area contributed by atoms with Crippen LogP contribution in [-0.4, -0.2) is 76.5 Å². The first-order valence-corrected chi connectivity index (χ1v) is 11.7. The molecule has 2 saturated heterocycles. The number of anilines is 2. The molecule has 0 aliphatic carbocycles. The van der Waals surface area contributed by atoms with Crippen LogP contribution in [0.5, 0.6) is 5.75 Å². The highest BCUT2D eigenvalue weighted by Crippen LogP contribution is 2.28. The maximum atomic E-state index is 13.3. The number of ether oxygens (including phenoxy) is 1. The van der Waals surface area contributed by atoms with Crippen LogP contribution in [0.15, 0.2) is 24.4 Å². The number of aliphatic hydroxyl groups excluding tert-OH is 2. The number of rotatable bonds is 8. The van der Waals surface area contributed by atoms with E-state index < -0.39 is 0 Å². The Labute approximate surface area is 198 Å². The molecule has 2 aromatic rings. The molecule has 178 valence electrons. The molecule has 2 atom stereocenters. The standard InChI is InChI=1S/C23H30ClN5O4/c1-33-20-7-6-15(10-19(20)24)11-25-21-18(22(32)28-8-2-4-16(28)13-30)12-26-23(27-21)29-9-3-5-17(29)14-31/h6-7,10,12,16-17,30-31H,2-5,8-9,11,13-14H2,1H3,(H,25,26,27)/t16-,17-/m0/s1. The van der Waals surface area contributed by atoms with E-state index >= 15 is 0 Å². The van der Waals surface area contributed by atoms with Gasteiger partial charge in [-0.05, 0) is 43.4 Å². The van der Waals surface area contributed by atoms with Crippen LogP contribution in [0.4, 0.5) is 11.8 Å². The van der Waals surface area contributed by atoms with E-state index in [1.54, 1.807) is 24.3 Å². The molecule has 0 radical (unpaired) electrons. The van der Waals surface area contributed by atoms with Gasteiger partial charge in [0.15, 0.2) is 0 Å². The Morgan fingerprint density at radius 1 is 1.21 bits per heavy atom. The number of nitrogens with one attached hydrogen (secondary N) is 1. The highest BCUT2D eigenvalue weighted by molar-refractivity contribution is 6.32. The molecule has 2 aliphatic heterocycles. The number of hydrogen-bond donors (Lipinski definition) is 3. The molecule has 4 rings (SSSR count). The van der Waals surface area contributed by atoms with Crippen molar-refractivity contribution in [3.63, 3.8) is 0 Å². The van der Waals surface area contributed by atoms with E-state index in [4.69, 9.17) is 21.3 Å². The third-order valence-corrected chi connectivity index (χ3v) is 6.67. The van der Waals surface area contributed by atoms with E-state index in [2.05, 4.69) is 10.3 Å². The van der Waals surface area contributed by atoms with Gasteiger partial charge < -0.3 is 30.1 Å². The van der Waals surface area contributed by atoms with E-state index in [-0.39, 0.29) is 31.2 Å². The van der Waals surface area contributed by atoms with Gasteiger partial charge in [0.05, 0.1) is 37.4 Å². The van der Waals surface area contributed by atoms with Gasteiger partial charge in [0.1, 0.15) is 17.1 Å². The number of benzene rings is 1. The predicted octanol–water partition coefficient (Wildman–Crippen LogP) is 2.31. The summed E-state index contributed by atoms with van der Waals surface area (Å²) in [6.07, 6.45) is 5.01. The number of carbonyl (C=O) groups excluding carboxylic acids is 1. The Morgan fingerprint density at radius 2 is 1.97 bits per heavy atom. The van der Waals surface area contributed by atoms with Crippen LogP contribution in [0.1, 0.15) is 41.6 Å². The molecule has 1 aromatic carbocycles. The molecule has 0 unspecified atom stereocenters. The Balaban J connectivity index is 1.62. The van der Waals surface area contributed by atoms with Gasteiger partial charge in [0.2, 0.25) is 5.95 Å². The maximum Gasteiger partial charge on any atom is 0.259 e. The second-order valence-corrected chi connectivity index (χ2v) is 8.81. The quantitative estimate of drug-likeness (QED) is 0.533. The summed E-state index contributed by atoms with van der Waals surface area (Å²) in [6.45, 7) is 1.71. The summed E-state index contributed by atoms with van der Waals surface area (Å²) in [4.78, 5) is 26.2. The summed E-state index contributed by atoms with van der Waals surface area (Å²) in [5.74, 6) is 1.30. The maximum absolute atomic E-state index is 13.3. The molecule has 0 spiro atoms. The van der Waals surface area contributed by atoms with Gasteiger partial charge in [0.25, 0.3) is 5.91 Å². The fraction of sp³-hybridized carbons (Fsp3) is 0.522. The van der Waals surface area contributed by atoms with Gasteiger partial charge in [-0.3, -0.25) is 4.79 Å². The molecule has 33 heavy (non-hydrogen) atoms. The highest BCUT2D eigenvalue weighted by Gasteiger charge is 2.32. The third-order valence-electron chi connectivity index (χ3n) is 6.38. The molecule has 10 heteroatoms. The minimum absolute atomic E-state index is 0.0304. The Bertz CT molecular complexity index is 991. The second-order valence-electron chi connectivity index (χ2n) is 8.40. The molecule has 0 saturated carbocycles. The topological polar surface area (TPSA) is 111 Å². The molecular weight excluding hydrogens is 446 g/mol. The number of halogens is 1. The first-order chi connectivity index (χ1) is 16.0. The molecule has 2 aliphatic rings. The Hall–Kier alpha value is -2.62. The zero-order valence-electron chi connectivity index (χ0n) is 18.7. The number of hydrogen-bond acceptors (Lipinski definition) is 8. The van der Waals surface area contributed by atoms with Crippen molar-refractivity contribution in [2.24, 2.45) is 0 Å². The number of likely N-dealkylation sites (tertiary alicyclic amines) is 1. The van der Waals surface area contributed by atoms with E-state index in [0.717, 1.165) is 37.8 Å². The molecule has 3 heterocycles. The van der Waals surface area contributed by atoms with Crippen LogP contribution in [0.25, 0.3) is 0 Å². The Morgan fingerprint density at radius 3 is 2.70 bits per heavy atom. The monoisotopic (exact) mass is 475 g/mol. The lowest BCUT2D eigenvalue weighted by Gasteiger charge is -2.26. The van der Waals surface area contributed by atoms with Crippen molar-refractivity contribution < 1.29 is 19.7 Å². The van der Waals surface area contributed by atoms with Gasteiger partial charge in [-0.15, -0.1) is 0 Å². The molecule has 0 bridgehead atoms. The predicted molar refractivity (Wildman–Crippen MR) is 126 cm³/mol. The largest absolute Gasteiger partial charge is 0.495 e. The van der Waals surface area contributed by atoms with Crippen LogP contribution in [-0.2, 0) is 6.54 Å².